The maximum atomic E-state index is 14.0. The highest BCUT2D eigenvalue weighted by molar-refractivity contribution is 9.10. The molecule has 0 aromatic carbocycles. The number of nitrogens with zero attached hydrogens (tertiary/aromatic N) is 4. The molecular weight excluding hydrogens is 584 g/mol. The van der Waals surface area contributed by atoms with Crippen LogP contribution in [0.5, 0.6) is 0 Å². The van der Waals surface area contributed by atoms with Crippen molar-refractivity contribution >= 4 is 55.1 Å². The standard InChI is InChI=1S/C28H32Br2N4O2/c1-3-5-7-9-15-33-25(21-13-11-19(29)17-31-21)23-24(27(33)35)26(22-14-12-20(30)18-32-22)34(28(23)36)16-10-8-6-4-2/h11-14,17-18H,3-10,15-16H2,1-2H3. The van der Waals surface area contributed by atoms with Crippen LogP contribution < -0.4 is 0 Å². The molecule has 2 aromatic heterocycles. The molecule has 2 aromatic rings. The Morgan fingerprint density at radius 3 is 1.39 bits per heavy atom. The van der Waals surface area contributed by atoms with Crippen LogP contribution in [0.4, 0.5) is 0 Å². The number of carbonyl (C=O) groups excluding carboxylic acids is 2. The lowest BCUT2D eigenvalue weighted by molar-refractivity contribution is -0.124. The Balaban J connectivity index is 1.83. The van der Waals surface area contributed by atoms with Crippen LogP contribution in [0, 0.1) is 0 Å². The highest BCUT2D eigenvalue weighted by Crippen LogP contribution is 2.46. The molecule has 2 aliphatic rings. The summed E-state index contributed by atoms with van der Waals surface area (Å²) in [5.41, 5.74) is 3.43. The van der Waals surface area contributed by atoms with Crippen molar-refractivity contribution in [2.45, 2.75) is 65.2 Å². The fourth-order valence-corrected chi connectivity index (χ4v) is 5.25. The molecule has 0 atom stereocenters. The molecule has 6 nitrogen and oxygen atoms in total. The summed E-state index contributed by atoms with van der Waals surface area (Å²) in [6, 6.07) is 7.54. The molecule has 0 spiro atoms. The highest BCUT2D eigenvalue weighted by Gasteiger charge is 2.49. The van der Waals surface area contributed by atoms with Gasteiger partial charge in [-0.05, 0) is 69.0 Å². The zero-order valence-electron chi connectivity index (χ0n) is 20.9. The van der Waals surface area contributed by atoms with Crippen LogP contribution in [0.1, 0.15) is 76.6 Å². The van der Waals surface area contributed by atoms with Gasteiger partial charge < -0.3 is 9.80 Å². The number of aromatic nitrogens is 2. The summed E-state index contributed by atoms with van der Waals surface area (Å²) in [6.45, 7) is 5.45. The van der Waals surface area contributed by atoms with Crippen molar-refractivity contribution in [2.75, 3.05) is 13.1 Å². The molecule has 0 N–H and O–H groups in total. The van der Waals surface area contributed by atoms with Crippen LogP contribution in [-0.4, -0.2) is 44.7 Å². The fourth-order valence-electron chi connectivity index (χ4n) is 4.78. The molecule has 0 aliphatic carbocycles. The van der Waals surface area contributed by atoms with E-state index in [0.29, 0.717) is 47.0 Å². The van der Waals surface area contributed by atoms with E-state index in [-0.39, 0.29) is 11.8 Å². The first-order valence-corrected chi connectivity index (χ1v) is 14.4. The van der Waals surface area contributed by atoms with Crippen LogP contribution in [0.3, 0.4) is 0 Å². The predicted octanol–water partition coefficient (Wildman–Crippen LogP) is 6.97. The Bertz CT molecular complexity index is 1080. The van der Waals surface area contributed by atoms with Crippen LogP contribution in [0.2, 0.25) is 0 Å². The highest BCUT2D eigenvalue weighted by atomic mass is 79.9. The van der Waals surface area contributed by atoms with Crippen molar-refractivity contribution in [3.63, 3.8) is 0 Å². The first-order valence-electron chi connectivity index (χ1n) is 12.8. The number of hydrogen-bond donors (Lipinski definition) is 0. The quantitative estimate of drug-likeness (QED) is 0.242. The molecule has 36 heavy (non-hydrogen) atoms. The molecule has 0 bridgehead atoms. The molecule has 0 radical (unpaired) electrons. The molecule has 0 unspecified atom stereocenters. The minimum Gasteiger partial charge on any atom is -0.305 e. The van der Waals surface area contributed by atoms with Gasteiger partial charge in [0.2, 0.25) is 0 Å². The van der Waals surface area contributed by atoms with Crippen molar-refractivity contribution in [1.82, 2.24) is 19.8 Å². The molecule has 0 saturated heterocycles. The smallest absolute Gasteiger partial charge is 0.261 e. The fraction of sp³-hybridized carbons (Fsp3) is 0.429. The minimum atomic E-state index is -0.134. The largest absolute Gasteiger partial charge is 0.305 e. The Morgan fingerprint density at radius 1 is 0.639 bits per heavy atom. The first-order chi connectivity index (χ1) is 17.5. The second-order valence-corrected chi connectivity index (χ2v) is 11.0. The number of hydrogen-bond acceptors (Lipinski definition) is 4. The van der Waals surface area contributed by atoms with E-state index in [2.05, 4.69) is 55.7 Å². The first kappa shape index (κ1) is 26.7. The van der Waals surface area contributed by atoms with Gasteiger partial charge in [-0.25, -0.2) is 0 Å². The summed E-state index contributed by atoms with van der Waals surface area (Å²) in [6.07, 6.45) is 11.7. The second-order valence-electron chi connectivity index (χ2n) is 9.21. The van der Waals surface area contributed by atoms with Gasteiger partial charge in [0.25, 0.3) is 11.8 Å². The third kappa shape index (κ3) is 5.49. The summed E-state index contributed by atoms with van der Waals surface area (Å²) < 4.78 is 1.70. The van der Waals surface area contributed by atoms with E-state index in [4.69, 9.17) is 0 Å². The zero-order chi connectivity index (χ0) is 25.7. The number of fused-ring (bicyclic) bond motifs is 1. The van der Waals surface area contributed by atoms with Crippen molar-refractivity contribution in [2.24, 2.45) is 0 Å². The molecule has 0 saturated carbocycles. The van der Waals surface area contributed by atoms with E-state index in [1.807, 2.05) is 24.3 Å². The summed E-state index contributed by atoms with van der Waals surface area (Å²) in [5.74, 6) is -0.268. The summed E-state index contributed by atoms with van der Waals surface area (Å²) in [4.78, 5) is 40.7. The van der Waals surface area contributed by atoms with Gasteiger partial charge in [-0.1, -0.05) is 52.4 Å². The maximum Gasteiger partial charge on any atom is 0.261 e. The topological polar surface area (TPSA) is 66.4 Å². The maximum absolute atomic E-state index is 14.0. The Morgan fingerprint density at radius 2 is 1.06 bits per heavy atom. The molecule has 2 aliphatic heterocycles. The van der Waals surface area contributed by atoms with E-state index in [1.54, 1.807) is 22.2 Å². The lowest BCUT2D eigenvalue weighted by Gasteiger charge is -2.24. The van der Waals surface area contributed by atoms with Gasteiger partial charge in [-0.2, -0.15) is 0 Å². The van der Waals surface area contributed by atoms with Crippen molar-refractivity contribution in [3.8, 4) is 0 Å². The van der Waals surface area contributed by atoms with E-state index >= 15 is 0 Å². The zero-order valence-corrected chi connectivity index (χ0v) is 24.1. The third-order valence-corrected chi connectivity index (χ3v) is 7.53. The lowest BCUT2D eigenvalue weighted by atomic mass is 10.1. The van der Waals surface area contributed by atoms with Crippen molar-refractivity contribution in [3.05, 3.63) is 68.1 Å². The van der Waals surface area contributed by atoms with E-state index < -0.39 is 0 Å². The summed E-state index contributed by atoms with van der Waals surface area (Å²) in [7, 11) is 0. The molecule has 4 rings (SSSR count). The molecule has 0 fully saturated rings. The third-order valence-electron chi connectivity index (χ3n) is 6.59. The van der Waals surface area contributed by atoms with Gasteiger partial charge in [0.1, 0.15) is 0 Å². The average Bonchev–Trinajstić information content (AvgIpc) is 3.32. The Hall–Kier alpha value is -2.32. The summed E-state index contributed by atoms with van der Waals surface area (Å²) >= 11 is 6.90. The van der Waals surface area contributed by atoms with E-state index in [1.165, 1.54) is 0 Å². The normalized spacial score (nSPS) is 15.6. The van der Waals surface area contributed by atoms with Gasteiger partial charge in [0, 0.05) is 34.4 Å². The number of amides is 2. The number of halogens is 2. The lowest BCUT2D eigenvalue weighted by Crippen LogP contribution is -2.31. The molecule has 4 heterocycles. The predicted molar refractivity (Wildman–Crippen MR) is 149 cm³/mol. The van der Waals surface area contributed by atoms with Crippen LogP contribution in [0.15, 0.2) is 56.8 Å². The number of carbonyl (C=O) groups is 2. The van der Waals surface area contributed by atoms with Crippen LogP contribution >= 0.6 is 31.9 Å². The van der Waals surface area contributed by atoms with Crippen molar-refractivity contribution < 1.29 is 9.59 Å². The summed E-state index contributed by atoms with van der Waals surface area (Å²) in [5, 5.41) is 0. The second kappa shape index (κ2) is 12.3. The monoisotopic (exact) mass is 614 g/mol. The molecule has 8 heteroatoms. The van der Waals surface area contributed by atoms with Gasteiger partial charge in [-0.15, -0.1) is 0 Å². The molecular formula is C28H32Br2N4O2. The number of unbranched alkanes of at least 4 members (excludes halogenated alkanes) is 6. The van der Waals surface area contributed by atoms with Crippen molar-refractivity contribution in [1.29, 1.82) is 0 Å². The van der Waals surface area contributed by atoms with E-state index in [9.17, 15) is 9.59 Å². The number of pyridine rings is 2. The molecule has 2 amide bonds. The molecule has 190 valence electrons. The Kier molecular flexibility index (Phi) is 9.12. The SMILES string of the molecule is CCCCCCN1C(=O)C2=C(c3ccc(Br)cn3)N(CCCCCC)C(=O)C2=C1c1ccc(Br)cn1. The van der Waals surface area contributed by atoms with Gasteiger partial charge >= 0.3 is 0 Å². The van der Waals surface area contributed by atoms with Crippen LogP contribution in [-0.2, 0) is 9.59 Å². The van der Waals surface area contributed by atoms with Crippen LogP contribution in [0.25, 0.3) is 11.4 Å². The Labute approximate surface area is 230 Å². The van der Waals surface area contributed by atoms with Gasteiger partial charge in [0.15, 0.2) is 0 Å². The van der Waals surface area contributed by atoms with Gasteiger partial charge in [0.05, 0.1) is 33.9 Å². The van der Waals surface area contributed by atoms with E-state index in [0.717, 1.165) is 60.3 Å². The average molecular weight is 616 g/mol. The number of rotatable bonds is 12. The van der Waals surface area contributed by atoms with Gasteiger partial charge in [-0.3, -0.25) is 19.6 Å². The minimum absolute atomic E-state index is 0.134.